The Labute approximate surface area is 126 Å². The molecule has 0 saturated carbocycles. The smallest absolute Gasteiger partial charge is 0.400 e. The molecule has 1 aliphatic heterocycles. The lowest BCUT2D eigenvalue weighted by Crippen LogP contribution is -2.41. The van der Waals surface area contributed by atoms with Crippen molar-refractivity contribution in [3.8, 4) is 0 Å². The molecular weight excluding hydrogens is 265 g/mol. The molecule has 0 aromatic carbocycles. The van der Waals surface area contributed by atoms with Crippen LogP contribution >= 0.6 is 0 Å². The first-order valence-corrected chi connectivity index (χ1v) is 7.17. The van der Waals surface area contributed by atoms with Crippen LogP contribution in [-0.4, -0.2) is 23.3 Å². The lowest BCUT2D eigenvalue weighted by molar-refractivity contribution is 0.00578. The number of pyridine rings is 1. The Morgan fingerprint density at radius 3 is 2.33 bits per heavy atom. The maximum atomic E-state index is 5.91. The summed E-state index contributed by atoms with van der Waals surface area (Å²) in [5.41, 5.74) is 12.8. The summed E-state index contributed by atoms with van der Waals surface area (Å²) in [5.74, 6) is 2.35. The average Bonchev–Trinajstić information content (AvgIpc) is 2.56. The number of nitrogens with zero attached hydrogens (tertiary/aromatic N) is 1. The molecule has 1 atom stereocenters. The third-order valence-corrected chi connectivity index (χ3v) is 4.18. The van der Waals surface area contributed by atoms with E-state index in [1.807, 2.05) is 52.7 Å². The number of aromatic nitrogens is 1. The standard InChI is InChI=1S/C15H24BN3O2/c1-10(17)12-8-11(9-19-13(12)18)6-7-16-20-14(2,3)15(4,5)21-16/h6-10H,17H2,1-5H3,(H2,18,19)/b7-6+/t10-/m1/s1. The van der Waals surface area contributed by atoms with Gasteiger partial charge in [0.2, 0.25) is 0 Å². The van der Waals surface area contributed by atoms with Gasteiger partial charge in [0.1, 0.15) is 5.82 Å². The molecule has 2 heterocycles. The van der Waals surface area contributed by atoms with E-state index in [2.05, 4.69) is 4.98 Å². The molecule has 1 fully saturated rings. The fourth-order valence-electron chi connectivity index (χ4n) is 2.12. The van der Waals surface area contributed by atoms with E-state index in [1.54, 1.807) is 6.20 Å². The van der Waals surface area contributed by atoms with E-state index in [1.165, 1.54) is 0 Å². The maximum absolute atomic E-state index is 5.91. The van der Waals surface area contributed by atoms with Gasteiger partial charge in [0, 0.05) is 17.8 Å². The topological polar surface area (TPSA) is 83.4 Å². The molecule has 0 spiro atoms. The number of nitrogen functional groups attached to an aromatic ring is 1. The molecule has 21 heavy (non-hydrogen) atoms. The van der Waals surface area contributed by atoms with Gasteiger partial charge in [-0.25, -0.2) is 4.98 Å². The van der Waals surface area contributed by atoms with Crippen molar-refractivity contribution in [3.05, 3.63) is 29.4 Å². The molecule has 0 aliphatic carbocycles. The van der Waals surface area contributed by atoms with Gasteiger partial charge >= 0.3 is 7.12 Å². The van der Waals surface area contributed by atoms with Crippen LogP contribution in [0.3, 0.4) is 0 Å². The van der Waals surface area contributed by atoms with Gasteiger partial charge in [-0.05, 0) is 46.2 Å². The van der Waals surface area contributed by atoms with Crippen LogP contribution in [-0.2, 0) is 9.31 Å². The first-order valence-electron chi connectivity index (χ1n) is 7.17. The predicted molar refractivity (Wildman–Crippen MR) is 86.4 cm³/mol. The van der Waals surface area contributed by atoms with Gasteiger partial charge in [0.15, 0.2) is 0 Å². The zero-order chi connectivity index (χ0) is 15.8. The number of hydrogen-bond donors (Lipinski definition) is 2. The highest BCUT2D eigenvalue weighted by molar-refractivity contribution is 6.52. The molecule has 114 valence electrons. The summed E-state index contributed by atoms with van der Waals surface area (Å²) in [6, 6.07) is 1.79. The van der Waals surface area contributed by atoms with Crippen molar-refractivity contribution < 1.29 is 9.31 Å². The van der Waals surface area contributed by atoms with Crippen LogP contribution in [0.15, 0.2) is 18.2 Å². The summed E-state index contributed by atoms with van der Waals surface area (Å²) >= 11 is 0. The SMILES string of the molecule is C[C@@H](N)c1cc(/C=C/B2OC(C)(C)C(C)(C)O2)cnc1N. The summed E-state index contributed by atoms with van der Waals surface area (Å²) in [4.78, 5) is 4.17. The van der Waals surface area contributed by atoms with Crippen LogP contribution in [0, 0.1) is 0 Å². The zero-order valence-electron chi connectivity index (χ0n) is 13.4. The van der Waals surface area contributed by atoms with E-state index < -0.39 is 0 Å². The van der Waals surface area contributed by atoms with Crippen LogP contribution < -0.4 is 11.5 Å². The molecule has 1 aromatic rings. The Bertz CT molecular complexity index is 540. The monoisotopic (exact) mass is 289 g/mol. The zero-order valence-corrected chi connectivity index (χ0v) is 13.4. The fraction of sp³-hybridized carbons (Fsp3) is 0.533. The Morgan fingerprint density at radius 1 is 1.24 bits per heavy atom. The van der Waals surface area contributed by atoms with E-state index in [0.717, 1.165) is 11.1 Å². The van der Waals surface area contributed by atoms with Crippen molar-refractivity contribution >= 4 is 19.0 Å². The first kappa shape index (κ1) is 16.0. The second-order valence-electron chi connectivity index (χ2n) is 6.52. The summed E-state index contributed by atoms with van der Waals surface area (Å²) in [7, 11) is -0.369. The second-order valence-corrected chi connectivity index (χ2v) is 6.52. The molecule has 0 bridgehead atoms. The van der Waals surface area contributed by atoms with Gasteiger partial charge in [-0.15, -0.1) is 0 Å². The molecule has 4 N–H and O–H groups in total. The minimum atomic E-state index is -0.369. The Morgan fingerprint density at radius 2 is 1.81 bits per heavy atom. The molecule has 2 rings (SSSR count). The Balaban J connectivity index is 2.15. The van der Waals surface area contributed by atoms with Crippen LogP contribution in [0.4, 0.5) is 5.82 Å². The quantitative estimate of drug-likeness (QED) is 0.834. The van der Waals surface area contributed by atoms with E-state index >= 15 is 0 Å². The molecule has 6 heteroatoms. The predicted octanol–water partition coefficient (Wildman–Crippen LogP) is 2.33. The van der Waals surface area contributed by atoms with Gasteiger partial charge in [-0.2, -0.15) is 0 Å². The van der Waals surface area contributed by atoms with Crippen molar-refractivity contribution in [2.75, 3.05) is 5.73 Å². The summed E-state index contributed by atoms with van der Waals surface area (Å²) in [6.07, 6.45) is 3.63. The third-order valence-electron chi connectivity index (χ3n) is 4.18. The second kappa shape index (κ2) is 5.44. The largest absolute Gasteiger partial charge is 0.487 e. The highest BCUT2D eigenvalue weighted by Crippen LogP contribution is 2.37. The van der Waals surface area contributed by atoms with Gasteiger partial charge < -0.3 is 20.8 Å². The number of hydrogen-bond acceptors (Lipinski definition) is 5. The van der Waals surface area contributed by atoms with E-state index in [4.69, 9.17) is 20.8 Å². The molecule has 0 unspecified atom stereocenters. The van der Waals surface area contributed by atoms with Crippen molar-refractivity contribution in [1.82, 2.24) is 4.98 Å². The average molecular weight is 289 g/mol. The molecule has 1 aromatic heterocycles. The van der Waals surface area contributed by atoms with Crippen molar-refractivity contribution in [1.29, 1.82) is 0 Å². The van der Waals surface area contributed by atoms with Gasteiger partial charge in [-0.1, -0.05) is 12.1 Å². The molecule has 1 aliphatic rings. The maximum Gasteiger partial charge on any atom is 0.487 e. The minimum absolute atomic E-state index is 0.150. The molecule has 5 nitrogen and oxygen atoms in total. The van der Waals surface area contributed by atoms with Crippen LogP contribution in [0.1, 0.15) is 51.8 Å². The fourth-order valence-corrected chi connectivity index (χ4v) is 2.12. The van der Waals surface area contributed by atoms with Crippen molar-refractivity contribution in [2.24, 2.45) is 5.73 Å². The van der Waals surface area contributed by atoms with Crippen molar-refractivity contribution in [2.45, 2.75) is 51.9 Å². The Hall–Kier alpha value is -1.37. The van der Waals surface area contributed by atoms with Gasteiger partial charge in [-0.3, -0.25) is 0 Å². The number of anilines is 1. The van der Waals surface area contributed by atoms with Gasteiger partial charge in [0.05, 0.1) is 11.2 Å². The summed E-state index contributed by atoms with van der Waals surface area (Å²) < 4.78 is 11.8. The number of rotatable bonds is 3. The normalized spacial score (nSPS) is 21.9. The van der Waals surface area contributed by atoms with Crippen LogP contribution in [0.25, 0.3) is 6.08 Å². The molecule has 0 amide bonds. The Kier molecular flexibility index (Phi) is 4.15. The first-order chi connectivity index (χ1) is 9.62. The number of nitrogens with two attached hydrogens (primary N) is 2. The van der Waals surface area contributed by atoms with E-state index in [0.29, 0.717) is 5.82 Å². The molecule has 1 saturated heterocycles. The summed E-state index contributed by atoms with van der Waals surface area (Å²) in [6.45, 7) is 9.99. The molecular formula is C15H24BN3O2. The van der Waals surface area contributed by atoms with Crippen LogP contribution in [0.2, 0.25) is 0 Å². The summed E-state index contributed by atoms with van der Waals surface area (Å²) in [5, 5.41) is 0. The van der Waals surface area contributed by atoms with Crippen molar-refractivity contribution in [3.63, 3.8) is 0 Å². The third kappa shape index (κ3) is 3.28. The van der Waals surface area contributed by atoms with Crippen LogP contribution in [0.5, 0.6) is 0 Å². The minimum Gasteiger partial charge on any atom is -0.400 e. The highest BCUT2D eigenvalue weighted by Gasteiger charge is 2.49. The molecule has 0 radical (unpaired) electrons. The van der Waals surface area contributed by atoms with E-state index in [9.17, 15) is 0 Å². The lowest BCUT2D eigenvalue weighted by Gasteiger charge is -2.32. The van der Waals surface area contributed by atoms with Gasteiger partial charge in [0.25, 0.3) is 0 Å². The highest BCUT2D eigenvalue weighted by atomic mass is 16.7. The lowest BCUT2D eigenvalue weighted by atomic mass is 9.89. The van der Waals surface area contributed by atoms with E-state index in [-0.39, 0.29) is 24.4 Å².